The van der Waals surface area contributed by atoms with Crippen molar-refractivity contribution < 1.29 is 0 Å². The van der Waals surface area contributed by atoms with Crippen LogP contribution in [0.3, 0.4) is 0 Å². The Kier molecular flexibility index (Phi) is 5.91. The summed E-state index contributed by atoms with van der Waals surface area (Å²) in [5.74, 6) is 0. The van der Waals surface area contributed by atoms with Gasteiger partial charge in [-0.1, -0.05) is 140 Å². The Morgan fingerprint density at radius 2 is 0.896 bits per heavy atom. The van der Waals surface area contributed by atoms with Gasteiger partial charge in [0.1, 0.15) is 0 Å². The van der Waals surface area contributed by atoms with Crippen LogP contribution in [-0.2, 0) is 0 Å². The number of hydrogen-bond donors (Lipinski definition) is 0. The molecule has 2 heteroatoms. The van der Waals surface area contributed by atoms with E-state index in [1.54, 1.807) is 0 Å². The minimum atomic E-state index is 1.16. The summed E-state index contributed by atoms with van der Waals surface area (Å²) >= 11 is 0. The lowest BCUT2D eigenvalue weighted by Crippen LogP contribution is -1.97. The van der Waals surface area contributed by atoms with Gasteiger partial charge in [-0.3, -0.25) is 0 Å². The summed E-state index contributed by atoms with van der Waals surface area (Å²) in [5.41, 5.74) is 12.0. The fourth-order valence-corrected chi connectivity index (χ4v) is 7.67. The highest BCUT2D eigenvalue weighted by atomic mass is 15.0. The van der Waals surface area contributed by atoms with Gasteiger partial charge in [-0.15, -0.1) is 0 Å². The van der Waals surface area contributed by atoms with Crippen LogP contribution < -0.4 is 0 Å². The van der Waals surface area contributed by atoms with Crippen LogP contribution in [0.5, 0.6) is 0 Å². The molecule has 0 bridgehead atoms. The normalized spacial score (nSPS) is 11.8. The van der Waals surface area contributed by atoms with Crippen molar-refractivity contribution in [2.45, 2.75) is 0 Å². The van der Waals surface area contributed by atoms with Crippen LogP contribution >= 0.6 is 0 Å². The maximum absolute atomic E-state index is 2.47. The van der Waals surface area contributed by atoms with E-state index >= 15 is 0 Å². The van der Waals surface area contributed by atoms with E-state index in [0.717, 1.165) is 5.69 Å². The molecule has 2 nitrogen and oxygen atoms in total. The first-order valence-electron chi connectivity index (χ1n) is 16.5. The molecule has 0 N–H and O–H groups in total. The van der Waals surface area contributed by atoms with E-state index in [0.29, 0.717) is 0 Å². The van der Waals surface area contributed by atoms with Gasteiger partial charge in [-0.2, -0.15) is 0 Å². The van der Waals surface area contributed by atoms with Gasteiger partial charge in [-0.25, -0.2) is 0 Å². The van der Waals surface area contributed by atoms with Crippen molar-refractivity contribution >= 4 is 54.4 Å². The first kappa shape index (κ1) is 26.8. The Balaban J connectivity index is 1.33. The minimum Gasteiger partial charge on any atom is -0.309 e. The monoisotopic (exact) mass is 610 g/mol. The second kappa shape index (κ2) is 10.6. The molecule has 224 valence electrons. The first-order chi connectivity index (χ1) is 23.8. The summed E-state index contributed by atoms with van der Waals surface area (Å²) in [6.45, 7) is 0. The number of benzene rings is 8. The fraction of sp³-hybridized carbons (Fsp3) is 0. The van der Waals surface area contributed by atoms with Crippen molar-refractivity contribution in [3.63, 3.8) is 0 Å². The van der Waals surface area contributed by atoms with Crippen molar-refractivity contribution in [2.24, 2.45) is 0 Å². The zero-order valence-electron chi connectivity index (χ0n) is 26.2. The van der Waals surface area contributed by atoms with Crippen LogP contribution in [0.4, 0.5) is 0 Å². The number of rotatable bonds is 4. The average molecular weight is 611 g/mol. The van der Waals surface area contributed by atoms with E-state index in [9.17, 15) is 0 Å². The maximum Gasteiger partial charge on any atom is 0.0549 e. The lowest BCUT2D eigenvalue weighted by atomic mass is 10.0. The van der Waals surface area contributed by atoms with E-state index in [1.165, 1.54) is 82.3 Å². The lowest BCUT2D eigenvalue weighted by molar-refractivity contribution is 1.18. The number of hydrogen-bond acceptors (Lipinski definition) is 0. The zero-order valence-corrected chi connectivity index (χ0v) is 26.2. The van der Waals surface area contributed by atoms with E-state index in [-0.39, 0.29) is 0 Å². The molecule has 0 spiro atoms. The molecule has 2 heterocycles. The molecule has 0 aliphatic heterocycles. The Hall–Kier alpha value is -6.38. The Labute approximate surface area is 278 Å². The third-order valence-corrected chi connectivity index (χ3v) is 9.89. The van der Waals surface area contributed by atoms with Gasteiger partial charge in [0.2, 0.25) is 0 Å². The van der Waals surface area contributed by atoms with Gasteiger partial charge in [0, 0.05) is 32.8 Å². The molecule has 0 aliphatic rings. The highest BCUT2D eigenvalue weighted by Gasteiger charge is 2.20. The van der Waals surface area contributed by atoms with Gasteiger partial charge in [-0.05, 0) is 69.9 Å². The second-order valence-corrected chi connectivity index (χ2v) is 12.6. The quantitative estimate of drug-likeness (QED) is 0.188. The summed E-state index contributed by atoms with van der Waals surface area (Å²) in [5, 5.41) is 7.46. The van der Waals surface area contributed by atoms with E-state index in [1.807, 2.05) is 0 Å². The van der Waals surface area contributed by atoms with E-state index < -0.39 is 0 Å². The molecular formula is C46H30N2. The van der Waals surface area contributed by atoms with E-state index in [2.05, 4.69) is 191 Å². The van der Waals surface area contributed by atoms with Gasteiger partial charge in [0.15, 0.2) is 0 Å². The van der Waals surface area contributed by atoms with Crippen LogP contribution in [0.25, 0.3) is 88.0 Å². The molecule has 0 atom stereocenters. The molecule has 8 aromatic carbocycles. The molecule has 0 amide bonds. The van der Waals surface area contributed by atoms with Crippen LogP contribution in [-0.4, -0.2) is 9.13 Å². The molecule has 48 heavy (non-hydrogen) atoms. The van der Waals surface area contributed by atoms with Crippen molar-refractivity contribution in [2.75, 3.05) is 0 Å². The number of fused-ring (bicyclic) bond motifs is 7. The van der Waals surface area contributed by atoms with Gasteiger partial charge in [0.25, 0.3) is 0 Å². The summed E-state index contributed by atoms with van der Waals surface area (Å²) in [7, 11) is 0. The summed E-state index contributed by atoms with van der Waals surface area (Å²) in [4.78, 5) is 0. The van der Waals surface area contributed by atoms with Gasteiger partial charge < -0.3 is 9.13 Å². The van der Waals surface area contributed by atoms with Crippen LogP contribution in [0, 0.1) is 0 Å². The minimum absolute atomic E-state index is 1.16. The fourth-order valence-electron chi connectivity index (χ4n) is 7.67. The van der Waals surface area contributed by atoms with Crippen LogP contribution in [0.2, 0.25) is 0 Å². The molecule has 2 aromatic heterocycles. The largest absolute Gasteiger partial charge is 0.309 e. The number of para-hydroxylation sites is 2. The first-order valence-corrected chi connectivity index (χ1v) is 16.5. The second-order valence-electron chi connectivity index (χ2n) is 12.6. The van der Waals surface area contributed by atoms with Gasteiger partial charge in [0.05, 0.1) is 27.8 Å². The Bertz CT molecular complexity index is 2820. The Morgan fingerprint density at radius 1 is 0.292 bits per heavy atom. The summed E-state index contributed by atoms with van der Waals surface area (Å²) in [6, 6.07) is 66.3. The van der Waals surface area contributed by atoms with Gasteiger partial charge >= 0.3 is 0 Å². The van der Waals surface area contributed by atoms with Crippen LogP contribution in [0.15, 0.2) is 182 Å². The SMILES string of the molecule is c1ccc(-c2ccc3c4cc5c(cc4n(-c4ccc6ccccc6c4)c3c2)c2ccccc2n5-c2ccccc2-c2ccccc2)cc1. The molecular weight excluding hydrogens is 581 g/mol. The van der Waals surface area contributed by atoms with Crippen molar-refractivity contribution in [1.29, 1.82) is 0 Å². The van der Waals surface area contributed by atoms with Crippen molar-refractivity contribution in [3.05, 3.63) is 182 Å². The molecule has 0 saturated heterocycles. The summed E-state index contributed by atoms with van der Waals surface area (Å²) < 4.78 is 4.93. The third-order valence-electron chi connectivity index (χ3n) is 9.89. The van der Waals surface area contributed by atoms with Crippen molar-refractivity contribution in [1.82, 2.24) is 9.13 Å². The van der Waals surface area contributed by atoms with Crippen molar-refractivity contribution in [3.8, 4) is 33.6 Å². The molecule has 0 unspecified atom stereocenters. The predicted molar refractivity (Wildman–Crippen MR) is 203 cm³/mol. The molecule has 0 saturated carbocycles. The summed E-state index contributed by atoms with van der Waals surface area (Å²) in [6.07, 6.45) is 0. The topological polar surface area (TPSA) is 9.86 Å². The van der Waals surface area contributed by atoms with Crippen LogP contribution in [0.1, 0.15) is 0 Å². The third kappa shape index (κ3) is 4.06. The average Bonchev–Trinajstić information content (AvgIpc) is 3.66. The highest BCUT2D eigenvalue weighted by molar-refractivity contribution is 6.19. The predicted octanol–water partition coefficient (Wildman–Crippen LogP) is 12.4. The van der Waals surface area contributed by atoms with E-state index in [4.69, 9.17) is 0 Å². The maximum atomic E-state index is 2.47. The lowest BCUT2D eigenvalue weighted by Gasteiger charge is -2.14. The highest BCUT2D eigenvalue weighted by Crippen LogP contribution is 2.42. The smallest absolute Gasteiger partial charge is 0.0549 e. The number of aromatic nitrogens is 2. The zero-order chi connectivity index (χ0) is 31.6. The molecule has 0 radical (unpaired) electrons. The molecule has 10 rings (SSSR count). The molecule has 0 fully saturated rings. The standard InChI is InChI=1S/C46H30N2/c1-3-13-31(14-4-1)35-24-26-39-41-30-46-40(29-45(41)47(44(39)28-35)36-25-23-32-15-7-8-18-34(32)27-36)38-20-10-12-22-43(38)48(46)42-21-11-9-19-37(42)33-16-5-2-6-17-33/h1-30H. The number of nitrogens with zero attached hydrogens (tertiary/aromatic N) is 2. The Morgan fingerprint density at radius 3 is 1.71 bits per heavy atom. The molecule has 10 aromatic rings. The molecule has 0 aliphatic carbocycles.